The highest BCUT2D eigenvalue weighted by atomic mass is 16.1. The molecule has 3 N–H and O–H groups in total. The Morgan fingerprint density at radius 2 is 1.95 bits per heavy atom. The van der Waals surface area contributed by atoms with E-state index in [4.69, 9.17) is 5.73 Å². The van der Waals surface area contributed by atoms with Crippen LogP contribution in [-0.4, -0.2) is 55.5 Å². The molecule has 0 spiro atoms. The Labute approximate surface area is 120 Å². The van der Waals surface area contributed by atoms with E-state index < -0.39 is 0 Å². The second kappa shape index (κ2) is 7.26. The van der Waals surface area contributed by atoms with Gasteiger partial charge in [-0.1, -0.05) is 18.2 Å². The number of piperazine rings is 1. The number of nitrogens with two attached hydrogens (primary N) is 1. The van der Waals surface area contributed by atoms with Crippen LogP contribution in [0.1, 0.15) is 12.0 Å². The van der Waals surface area contributed by atoms with Crippen LogP contribution in [0.4, 0.5) is 5.69 Å². The molecular formula is C15H24N4O. The molecule has 1 aliphatic rings. The zero-order valence-corrected chi connectivity index (χ0v) is 12.1. The van der Waals surface area contributed by atoms with Gasteiger partial charge in [-0.25, -0.2) is 0 Å². The van der Waals surface area contributed by atoms with Crippen molar-refractivity contribution in [2.45, 2.75) is 13.0 Å². The van der Waals surface area contributed by atoms with Gasteiger partial charge in [-0.3, -0.25) is 4.79 Å². The van der Waals surface area contributed by atoms with Gasteiger partial charge < -0.3 is 20.9 Å². The quantitative estimate of drug-likeness (QED) is 0.770. The monoisotopic (exact) mass is 276 g/mol. The van der Waals surface area contributed by atoms with Gasteiger partial charge in [0, 0.05) is 51.4 Å². The van der Waals surface area contributed by atoms with E-state index >= 15 is 0 Å². The molecule has 1 fully saturated rings. The molecular weight excluding hydrogens is 252 g/mol. The molecule has 20 heavy (non-hydrogen) atoms. The van der Waals surface area contributed by atoms with Crippen molar-refractivity contribution in [3.05, 3.63) is 29.8 Å². The van der Waals surface area contributed by atoms with Crippen LogP contribution >= 0.6 is 0 Å². The van der Waals surface area contributed by atoms with Crippen molar-refractivity contribution in [2.75, 3.05) is 45.5 Å². The fourth-order valence-electron chi connectivity index (χ4n) is 2.31. The van der Waals surface area contributed by atoms with Crippen LogP contribution in [0.15, 0.2) is 24.3 Å². The minimum absolute atomic E-state index is 0.0900. The molecule has 0 atom stereocenters. The summed E-state index contributed by atoms with van der Waals surface area (Å²) in [6, 6.07) is 7.62. The van der Waals surface area contributed by atoms with Gasteiger partial charge in [0.2, 0.25) is 5.91 Å². The average Bonchev–Trinajstić information content (AvgIpc) is 2.46. The third-order valence-electron chi connectivity index (χ3n) is 3.78. The summed E-state index contributed by atoms with van der Waals surface area (Å²) in [7, 11) is 2.13. The van der Waals surface area contributed by atoms with Crippen molar-refractivity contribution >= 4 is 11.6 Å². The molecule has 5 nitrogen and oxygen atoms in total. The molecule has 0 radical (unpaired) electrons. The van der Waals surface area contributed by atoms with Gasteiger partial charge in [0.25, 0.3) is 0 Å². The van der Waals surface area contributed by atoms with Gasteiger partial charge in [-0.15, -0.1) is 0 Å². The maximum absolute atomic E-state index is 11.8. The number of amides is 1. The third-order valence-corrected chi connectivity index (χ3v) is 3.78. The summed E-state index contributed by atoms with van der Waals surface area (Å²) in [6.45, 7) is 5.62. The fraction of sp³-hybridized carbons (Fsp3) is 0.533. The number of rotatable bonds is 5. The van der Waals surface area contributed by atoms with Crippen LogP contribution in [0.5, 0.6) is 0 Å². The van der Waals surface area contributed by atoms with E-state index in [1.54, 1.807) is 0 Å². The van der Waals surface area contributed by atoms with Crippen molar-refractivity contribution in [2.24, 2.45) is 0 Å². The summed E-state index contributed by atoms with van der Waals surface area (Å²) in [4.78, 5) is 16.5. The Morgan fingerprint density at radius 1 is 1.25 bits per heavy atom. The van der Waals surface area contributed by atoms with Gasteiger partial charge >= 0.3 is 0 Å². The lowest BCUT2D eigenvalue weighted by atomic mass is 10.2. The van der Waals surface area contributed by atoms with E-state index in [-0.39, 0.29) is 5.91 Å². The van der Waals surface area contributed by atoms with Crippen molar-refractivity contribution in [1.29, 1.82) is 0 Å². The number of hydrogen-bond acceptors (Lipinski definition) is 4. The van der Waals surface area contributed by atoms with Gasteiger partial charge in [0.1, 0.15) is 0 Å². The smallest absolute Gasteiger partial charge is 0.221 e. The van der Waals surface area contributed by atoms with E-state index in [1.807, 2.05) is 24.3 Å². The molecule has 1 aromatic rings. The number of carbonyl (C=O) groups is 1. The molecule has 1 heterocycles. The highest BCUT2D eigenvalue weighted by molar-refractivity contribution is 5.76. The number of benzene rings is 1. The lowest BCUT2D eigenvalue weighted by molar-refractivity contribution is -0.121. The van der Waals surface area contributed by atoms with E-state index in [0.29, 0.717) is 13.0 Å². The molecule has 1 amide bonds. The van der Waals surface area contributed by atoms with Crippen LogP contribution in [0, 0.1) is 0 Å². The topological polar surface area (TPSA) is 61.6 Å². The second-order valence-electron chi connectivity index (χ2n) is 5.37. The van der Waals surface area contributed by atoms with E-state index in [2.05, 4.69) is 22.2 Å². The first-order valence-electron chi connectivity index (χ1n) is 7.16. The van der Waals surface area contributed by atoms with Crippen molar-refractivity contribution in [3.63, 3.8) is 0 Å². The molecule has 0 aromatic heterocycles. The minimum Gasteiger partial charge on any atom is -0.398 e. The normalized spacial score (nSPS) is 17.1. The maximum atomic E-state index is 11.8. The molecule has 0 aliphatic carbocycles. The zero-order chi connectivity index (χ0) is 14.4. The summed E-state index contributed by atoms with van der Waals surface area (Å²) in [5, 5.41) is 2.93. The predicted octanol–water partition coefficient (Wildman–Crippen LogP) is 0.523. The van der Waals surface area contributed by atoms with Crippen LogP contribution in [0.25, 0.3) is 0 Å². The van der Waals surface area contributed by atoms with Crippen molar-refractivity contribution < 1.29 is 4.79 Å². The van der Waals surface area contributed by atoms with Crippen LogP contribution in [0.3, 0.4) is 0 Å². The van der Waals surface area contributed by atoms with Gasteiger partial charge in [0.05, 0.1) is 0 Å². The number of carbonyl (C=O) groups excluding carboxylic acids is 1. The van der Waals surface area contributed by atoms with Gasteiger partial charge in [-0.05, 0) is 18.7 Å². The van der Waals surface area contributed by atoms with Crippen molar-refractivity contribution in [3.8, 4) is 0 Å². The van der Waals surface area contributed by atoms with E-state index in [1.165, 1.54) is 0 Å². The van der Waals surface area contributed by atoms with Crippen molar-refractivity contribution in [1.82, 2.24) is 15.1 Å². The maximum Gasteiger partial charge on any atom is 0.221 e. The Bertz CT molecular complexity index is 441. The summed E-state index contributed by atoms with van der Waals surface area (Å²) >= 11 is 0. The average molecular weight is 276 g/mol. The standard InChI is InChI=1S/C15H24N4O/c1-18-8-10-19(11-9-18)7-6-15(20)17-12-13-4-2-3-5-14(13)16/h2-5H,6-12,16H2,1H3,(H,17,20). The lowest BCUT2D eigenvalue weighted by Crippen LogP contribution is -2.45. The molecule has 0 saturated carbocycles. The van der Waals surface area contributed by atoms with Crippen LogP contribution < -0.4 is 11.1 Å². The predicted molar refractivity (Wildman–Crippen MR) is 81.3 cm³/mol. The Balaban J connectivity index is 1.67. The highest BCUT2D eigenvalue weighted by Gasteiger charge is 2.14. The fourth-order valence-corrected chi connectivity index (χ4v) is 2.31. The first kappa shape index (κ1) is 14.8. The number of nitrogens with one attached hydrogen (secondary N) is 1. The van der Waals surface area contributed by atoms with Crippen LogP contribution in [0.2, 0.25) is 0 Å². The number of nitrogen functional groups attached to an aromatic ring is 1. The Kier molecular flexibility index (Phi) is 5.38. The van der Waals surface area contributed by atoms with Crippen LogP contribution in [-0.2, 0) is 11.3 Å². The molecule has 5 heteroatoms. The number of para-hydroxylation sites is 1. The Morgan fingerprint density at radius 3 is 2.65 bits per heavy atom. The summed E-state index contributed by atoms with van der Waals surface area (Å²) in [5.74, 6) is 0.0900. The van der Waals surface area contributed by atoms with E-state index in [0.717, 1.165) is 44.0 Å². The largest absolute Gasteiger partial charge is 0.398 e. The SMILES string of the molecule is CN1CCN(CCC(=O)NCc2ccccc2N)CC1. The lowest BCUT2D eigenvalue weighted by Gasteiger charge is -2.32. The minimum atomic E-state index is 0.0900. The first-order valence-corrected chi connectivity index (χ1v) is 7.16. The third kappa shape index (κ3) is 4.51. The number of anilines is 1. The summed E-state index contributed by atoms with van der Waals surface area (Å²) in [6.07, 6.45) is 0.552. The van der Waals surface area contributed by atoms with Gasteiger partial charge in [-0.2, -0.15) is 0 Å². The zero-order valence-electron chi connectivity index (χ0n) is 12.1. The highest BCUT2D eigenvalue weighted by Crippen LogP contribution is 2.09. The first-order chi connectivity index (χ1) is 9.65. The molecule has 110 valence electrons. The number of hydrogen-bond donors (Lipinski definition) is 2. The molecule has 1 aliphatic heterocycles. The molecule has 0 unspecified atom stereocenters. The van der Waals surface area contributed by atoms with Gasteiger partial charge in [0.15, 0.2) is 0 Å². The molecule has 1 aromatic carbocycles. The number of likely N-dealkylation sites (N-methyl/N-ethyl adjacent to an activating group) is 1. The molecule has 2 rings (SSSR count). The summed E-state index contributed by atoms with van der Waals surface area (Å²) in [5.41, 5.74) is 7.55. The Hall–Kier alpha value is -1.59. The molecule has 0 bridgehead atoms. The molecule has 1 saturated heterocycles. The number of nitrogens with zero attached hydrogens (tertiary/aromatic N) is 2. The second-order valence-corrected chi connectivity index (χ2v) is 5.37. The van der Waals surface area contributed by atoms with E-state index in [9.17, 15) is 4.79 Å². The summed E-state index contributed by atoms with van der Waals surface area (Å²) < 4.78 is 0.